The summed E-state index contributed by atoms with van der Waals surface area (Å²) in [5, 5.41) is 0. The molecule has 0 fully saturated rings. The van der Waals surface area contributed by atoms with Crippen LogP contribution in [0.1, 0.15) is 44.9 Å². The van der Waals surface area contributed by atoms with E-state index >= 15 is 0 Å². The van der Waals surface area contributed by atoms with Crippen molar-refractivity contribution in [3.63, 3.8) is 0 Å². The van der Waals surface area contributed by atoms with Gasteiger partial charge in [-0.2, -0.15) is 0 Å². The third kappa shape index (κ3) is 2.38. The Morgan fingerprint density at radius 3 is 2.53 bits per heavy atom. The molecule has 2 nitrogen and oxygen atoms in total. The number of aromatic nitrogens is 2. The molecule has 0 unspecified atom stereocenters. The molecular formula is C13H20N2. The van der Waals surface area contributed by atoms with Gasteiger partial charge in [0, 0.05) is 18.1 Å². The molecule has 0 atom stereocenters. The van der Waals surface area contributed by atoms with Gasteiger partial charge in [-0.1, -0.05) is 27.7 Å². The number of nitrogens with zero attached hydrogens (tertiary/aromatic N) is 2. The van der Waals surface area contributed by atoms with E-state index in [0.29, 0.717) is 5.92 Å². The molecule has 0 N–H and O–H groups in total. The number of hydrogen-bond donors (Lipinski definition) is 0. The summed E-state index contributed by atoms with van der Waals surface area (Å²) in [6, 6.07) is 4.21. The third-order valence-electron chi connectivity index (χ3n) is 2.29. The topological polar surface area (TPSA) is 17.3 Å². The molecule has 0 saturated heterocycles. The number of imidazole rings is 1. The van der Waals surface area contributed by atoms with Gasteiger partial charge in [0.2, 0.25) is 0 Å². The summed E-state index contributed by atoms with van der Waals surface area (Å²) in [7, 11) is 0. The van der Waals surface area contributed by atoms with Gasteiger partial charge < -0.3 is 4.40 Å². The molecule has 2 rings (SSSR count). The van der Waals surface area contributed by atoms with Crippen molar-refractivity contribution in [1.82, 2.24) is 9.38 Å². The molecule has 15 heavy (non-hydrogen) atoms. The van der Waals surface area contributed by atoms with E-state index in [1.807, 2.05) is 20.0 Å². The minimum Gasteiger partial charge on any atom is -0.304 e. The van der Waals surface area contributed by atoms with Crippen LogP contribution in [0.3, 0.4) is 0 Å². The van der Waals surface area contributed by atoms with Gasteiger partial charge in [-0.25, -0.2) is 4.98 Å². The maximum atomic E-state index is 4.36. The summed E-state index contributed by atoms with van der Waals surface area (Å²) in [5.74, 6) is 0.526. The zero-order valence-electron chi connectivity index (χ0n) is 10.3. The number of hydrogen-bond acceptors (Lipinski definition) is 1. The molecule has 2 aromatic rings. The standard InChI is InChI=1S/C11H14N2.C2H6/c1-8(2)10-7-12-11-6-9(3)4-5-13(10)11;1-2/h4-8H,1-3H3;1-2H3. The highest BCUT2D eigenvalue weighted by Gasteiger charge is 2.05. The van der Waals surface area contributed by atoms with Gasteiger partial charge in [0.25, 0.3) is 0 Å². The minimum atomic E-state index is 0.526. The second-order valence-electron chi connectivity index (χ2n) is 3.77. The molecule has 0 radical (unpaired) electrons. The lowest BCUT2D eigenvalue weighted by molar-refractivity contribution is 0.808. The molecule has 0 aliphatic rings. The van der Waals surface area contributed by atoms with E-state index < -0.39 is 0 Å². The Morgan fingerprint density at radius 2 is 1.93 bits per heavy atom. The van der Waals surface area contributed by atoms with Crippen molar-refractivity contribution < 1.29 is 0 Å². The van der Waals surface area contributed by atoms with Crippen molar-refractivity contribution in [2.45, 2.75) is 40.5 Å². The average molecular weight is 204 g/mol. The summed E-state index contributed by atoms with van der Waals surface area (Å²) >= 11 is 0. The van der Waals surface area contributed by atoms with Gasteiger partial charge in [0.1, 0.15) is 5.65 Å². The highest BCUT2D eigenvalue weighted by molar-refractivity contribution is 5.43. The van der Waals surface area contributed by atoms with Crippen molar-refractivity contribution in [2.24, 2.45) is 0 Å². The minimum absolute atomic E-state index is 0.526. The van der Waals surface area contributed by atoms with Crippen LogP contribution in [0, 0.1) is 6.92 Å². The Labute approximate surface area is 92.0 Å². The first kappa shape index (κ1) is 11.8. The van der Waals surface area contributed by atoms with E-state index in [9.17, 15) is 0 Å². The molecule has 0 spiro atoms. The molecule has 0 amide bonds. The summed E-state index contributed by atoms with van der Waals surface area (Å²) < 4.78 is 2.15. The molecule has 0 saturated carbocycles. The number of rotatable bonds is 1. The van der Waals surface area contributed by atoms with E-state index in [0.717, 1.165) is 5.65 Å². The number of fused-ring (bicyclic) bond motifs is 1. The second-order valence-corrected chi connectivity index (χ2v) is 3.77. The number of pyridine rings is 1. The Bertz CT molecular complexity index is 427. The molecule has 0 aliphatic heterocycles. The van der Waals surface area contributed by atoms with Gasteiger partial charge >= 0.3 is 0 Å². The Morgan fingerprint density at radius 1 is 1.27 bits per heavy atom. The van der Waals surface area contributed by atoms with E-state index in [1.165, 1.54) is 11.3 Å². The number of aryl methyl sites for hydroxylation is 1. The fourth-order valence-electron chi connectivity index (χ4n) is 1.53. The maximum absolute atomic E-state index is 4.36. The molecule has 2 aromatic heterocycles. The lowest BCUT2D eigenvalue weighted by atomic mass is 10.1. The van der Waals surface area contributed by atoms with Crippen molar-refractivity contribution in [1.29, 1.82) is 0 Å². The van der Waals surface area contributed by atoms with Crippen molar-refractivity contribution in [2.75, 3.05) is 0 Å². The molecule has 2 heterocycles. The van der Waals surface area contributed by atoms with E-state index in [1.54, 1.807) is 0 Å². The van der Waals surface area contributed by atoms with Crippen molar-refractivity contribution in [3.05, 3.63) is 35.8 Å². The van der Waals surface area contributed by atoms with Crippen LogP contribution in [0.2, 0.25) is 0 Å². The van der Waals surface area contributed by atoms with Crippen LogP contribution >= 0.6 is 0 Å². The SMILES string of the molecule is CC.Cc1ccn2c(C(C)C)cnc2c1. The summed E-state index contributed by atoms with van der Waals surface area (Å²) in [6.45, 7) is 10.5. The molecule has 0 aliphatic carbocycles. The first-order chi connectivity index (χ1) is 7.18. The zero-order valence-corrected chi connectivity index (χ0v) is 10.3. The van der Waals surface area contributed by atoms with E-state index in [4.69, 9.17) is 0 Å². The monoisotopic (exact) mass is 204 g/mol. The van der Waals surface area contributed by atoms with Crippen molar-refractivity contribution in [3.8, 4) is 0 Å². The van der Waals surface area contributed by atoms with E-state index in [-0.39, 0.29) is 0 Å². The largest absolute Gasteiger partial charge is 0.304 e. The van der Waals surface area contributed by atoms with Crippen LogP contribution in [0.5, 0.6) is 0 Å². The van der Waals surface area contributed by atoms with Gasteiger partial charge in [-0.15, -0.1) is 0 Å². The first-order valence-electron chi connectivity index (χ1n) is 5.62. The highest BCUT2D eigenvalue weighted by atomic mass is 15.0. The second kappa shape index (κ2) is 4.96. The third-order valence-corrected chi connectivity index (χ3v) is 2.29. The van der Waals surface area contributed by atoms with E-state index in [2.05, 4.69) is 48.5 Å². The zero-order chi connectivity index (χ0) is 11.4. The summed E-state index contributed by atoms with van der Waals surface area (Å²) in [4.78, 5) is 4.36. The fraction of sp³-hybridized carbons (Fsp3) is 0.462. The predicted octanol–water partition coefficient (Wildman–Crippen LogP) is 3.79. The Hall–Kier alpha value is -1.31. The average Bonchev–Trinajstić information content (AvgIpc) is 2.63. The summed E-state index contributed by atoms with van der Waals surface area (Å²) in [6.07, 6.45) is 4.05. The first-order valence-corrected chi connectivity index (χ1v) is 5.62. The van der Waals surface area contributed by atoms with Gasteiger partial charge in [-0.05, 0) is 30.5 Å². The van der Waals surface area contributed by atoms with Crippen LogP contribution in [-0.2, 0) is 0 Å². The van der Waals surface area contributed by atoms with Crippen LogP contribution < -0.4 is 0 Å². The molecule has 2 heteroatoms. The van der Waals surface area contributed by atoms with Gasteiger partial charge in [-0.3, -0.25) is 0 Å². The maximum Gasteiger partial charge on any atom is 0.137 e. The van der Waals surface area contributed by atoms with Crippen LogP contribution in [0.4, 0.5) is 0 Å². The van der Waals surface area contributed by atoms with Gasteiger partial charge in [0.15, 0.2) is 0 Å². The smallest absolute Gasteiger partial charge is 0.137 e. The summed E-state index contributed by atoms with van der Waals surface area (Å²) in [5.41, 5.74) is 3.58. The van der Waals surface area contributed by atoms with Crippen LogP contribution in [0.25, 0.3) is 5.65 Å². The normalized spacial score (nSPS) is 10.3. The highest BCUT2D eigenvalue weighted by Crippen LogP contribution is 2.16. The fourth-order valence-corrected chi connectivity index (χ4v) is 1.53. The Kier molecular flexibility index (Phi) is 3.89. The van der Waals surface area contributed by atoms with Crippen LogP contribution in [0.15, 0.2) is 24.5 Å². The quantitative estimate of drug-likeness (QED) is 0.690. The van der Waals surface area contributed by atoms with Crippen LogP contribution in [-0.4, -0.2) is 9.38 Å². The molecule has 82 valence electrons. The lowest BCUT2D eigenvalue weighted by Gasteiger charge is -2.04. The molecular weight excluding hydrogens is 184 g/mol. The lowest BCUT2D eigenvalue weighted by Crippen LogP contribution is -1.94. The Balaban J connectivity index is 0.000000531. The van der Waals surface area contributed by atoms with Crippen molar-refractivity contribution >= 4 is 5.65 Å². The molecule has 0 aromatic carbocycles. The van der Waals surface area contributed by atoms with Gasteiger partial charge in [0.05, 0.1) is 0 Å². The predicted molar refractivity (Wildman–Crippen MR) is 65.4 cm³/mol. The molecule has 0 bridgehead atoms.